The van der Waals surface area contributed by atoms with Gasteiger partial charge in [0.05, 0.1) is 0 Å². The van der Waals surface area contributed by atoms with Gasteiger partial charge in [0, 0.05) is 44.7 Å². The van der Waals surface area contributed by atoms with Gasteiger partial charge in [0.15, 0.2) is 0 Å². The average Bonchev–Trinajstić information content (AvgIpc) is 2.72. The molecule has 3 aliphatic heterocycles. The molecule has 0 aromatic heterocycles. The van der Waals surface area contributed by atoms with E-state index in [1.54, 1.807) is 0 Å². The maximum atomic E-state index is 11.6. The van der Waals surface area contributed by atoms with Crippen molar-refractivity contribution in [1.29, 1.82) is 0 Å². The number of hydrogen-bond acceptors (Lipinski definition) is 3. The van der Waals surface area contributed by atoms with E-state index >= 15 is 0 Å². The molecule has 3 saturated heterocycles. The van der Waals surface area contributed by atoms with Gasteiger partial charge in [-0.2, -0.15) is 0 Å². The summed E-state index contributed by atoms with van der Waals surface area (Å²) in [6, 6.07) is 1.23. The Kier molecular flexibility index (Phi) is 2.86. The Morgan fingerprint density at radius 3 is 2.94 bits per heavy atom. The highest BCUT2D eigenvalue weighted by molar-refractivity contribution is 5.78. The highest BCUT2D eigenvalue weighted by Crippen LogP contribution is 2.25. The van der Waals surface area contributed by atoms with Crippen molar-refractivity contribution in [3.63, 3.8) is 0 Å². The predicted octanol–water partition coefficient (Wildman–Crippen LogP) is 0.0450. The molecule has 2 atom stereocenters. The van der Waals surface area contributed by atoms with Gasteiger partial charge in [-0.1, -0.05) is 0 Å². The van der Waals surface area contributed by atoms with Gasteiger partial charge in [-0.25, -0.2) is 0 Å². The van der Waals surface area contributed by atoms with Crippen LogP contribution in [0.5, 0.6) is 0 Å². The number of rotatable bonds is 1. The quantitative estimate of drug-likeness (QED) is 0.682. The standard InChI is InChI=1S/C12H21N3O/c16-12-4-3-11-9-14(6-7-15(11)12)10-2-1-5-13-8-10/h10-11,13H,1-9H2. The van der Waals surface area contributed by atoms with Gasteiger partial charge in [-0.15, -0.1) is 0 Å². The lowest BCUT2D eigenvalue weighted by atomic mass is 10.0. The van der Waals surface area contributed by atoms with Gasteiger partial charge < -0.3 is 10.2 Å². The van der Waals surface area contributed by atoms with E-state index in [1.807, 2.05) is 0 Å². The summed E-state index contributed by atoms with van der Waals surface area (Å²) < 4.78 is 0. The van der Waals surface area contributed by atoms with Crippen molar-refractivity contribution in [1.82, 2.24) is 15.1 Å². The molecule has 0 radical (unpaired) electrons. The molecule has 0 aromatic carbocycles. The molecule has 0 spiro atoms. The second-order valence-corrected chi connectivity index (χ2v) is 5.27. The normalized spacial score (nSPS) is 36.5. The van der Waals surface area contributed by atoms with Crippen LogP contribution < -0.4 is 5.32 Å². The van der Waals surface area contributed by atoms with Gasteiger partial charge in [-0.05, 0) is 25.8 Å². The number of nitrogens with one attached hydrogen (secondary N) is 1. The van der Waals surface area contributed by atoms with Crippen molar-refractivity contribution in [3.05, 3.63) is 0 Å². The summed E-state index contributed by atoms with van der Waals surface area (Å²) in [6.45, 7) is 5.46. The molecule has 16 heavy (non-hydrogen) atoms. The third kappa shape index (κ3) is 1.84. The van der Waals surface area contributed by atoms with Crippen LogP contribution in [0.2, 0.25) is 0 Å². The van der Waals surface area contributed by atoms with E-state index in [9.17, 15) is 4.79 Å². The molecule has 4 nitrogen and oxygen atoms in total. The Labute approximate surface area is 97.0 Å². The van der Waals surface area contributed by atoms with Gasteiger partial charge in [0.25, 0.3) is 0 Å². The lowest BCUT2D eigenvalue weighted by Gasteiger charge is -2.42. The first-order valence-corrected chi connectivity index (χ1v) is 6.59. The summed E-state index contributed by atoms with van der Waals surface area (Å²) in [5.41, 5.74) is 0. The Hall–Kier alpha value is -0.610. The fraction of sp³-hybridized carbons (Fsp3) is 0.917. The SMILES string of the molecule is O=C1CCC2CN(C3CCCNC3)CCN12. The smallest absolute Gasteiger partial charge is 0.222 e. The number of carbonyl (C=O) groups excluding carboxylic acids is 1. The van der Waals surface area contributed by atoms with E-state index in [-0.39, 0.29) is 0 Å². The van der Waals surface area contributed by atoms with Gasteiger partial charge in [0.2, 0.25) is 5.91 Å². The van der Waals surface area contributed by atoms with Crippen LogP contribution in [0.4, 0.5) is 0 Å². The Morgan fingerprint density at radius 2 is 2.12 bits per heavy atom. The van der Waals surface area contributed by atoms with Crippen molar-refractivity contribution in [2.24, 2.45) is 0 Å². The zero-order valence-electron chi connectivity index (χ0n) is 9.82. The summed E-state index contributed by atoms with van der Waals surface area (Å²) in [5, 5.41) is 3.48. The van der Waals surface area contributed by atoms with E-state index < -0.39 is 0 Å². The molecule has 0 aromatic rings. The first-order valence-electron chi connectivity index (χ1n) is 6.59. The minimum atomic E-state index is 0.381. The highest BCUT2D eigenvalue weighted by atomic mass is 16.2. The van der Waals surface area contributed by atoms with Crippen molar-refractivity contribution >= 4 is 5.91 Å². The third-order valence-electron chi connectivity index (χ3n) is 4.31. The first-order chi connectivity index (χ1) is 7.84. The molecular weight excluding hydrogens is 202 g/mol. The fourth-order valence-corrected chi connectivity index (χ4v) is 3.37. The highest BCUT2D eigenvalue weighted by Gasteiger charge is 2.37. The predicted molar refractivity (Wildman–Crippen MR) is 62.2 cm³/mol. The van der Waals surface area contributed by atoms with Crippen LogP contribution in [-0.4, -0.2) is 60.5 Å². The van der Waals surface area contributed by atoms with Crippen molar-refractivity contribution < 1.29 is 4.79 Å². The van der Waals surface area contributed by atoms with Gasteiger partial charge >= 0.3 is 0 Å². The first kappa shape index (κ1) is 10.5. The van der Waals surface area contributed by atoms with Crippen LogP contribution in [0.15, 0.2) is 0 Å². The van der Waals surface area contributed by atoms with Crippen molar-refractivity contribution in [2.45, 2.75) is 37.8 Å². The lowest BCUT2D eigenvalue weighted by Crippen LogP contribution is -2.57. The zero-order valence-corrected chi connectivity index (χ0v) is 9.82. The number of amides is 1. The van der Waals surface area contributed by atoms with Crippen LogP contribution in [0.25, 0.3) is 0 Å². The Balaban J connectivity index is 1.61. The summed E-state index contributed by atoms with van der Waals surface area (Å²) >= 11 is 0. The van der Waals surface area contributed by atoms with Crippen LogP contribution in [0, 0.1) is 0 Å². The van der Waals surface area contributed by atoms with Gasteiger partial charge in [-0.3, -0.25) is 9.69 Å². The number of piperazine rings is 1. The topological polar surface area (TPSA) is 35.6 Å². The monoisotopic (exact) mass is 223 g/mol. The molecule has 0 aliphatic carbocycles. The molecule has 1 amide bonds. The number of hydrogen-bond donors (Lipinski definition) is 1. The maximum absolute atomic E-state index is 11.6. The minimum absolute atomic E-state index is 0.381. The van der Waals surface area contributed by atoms with Crippen molar-refractivity contribution in [2.75, 3.05) is 32.7 Å². The second-order valence-electron chi connectivity index (χ2n) is 5.27. The van der Waals surface area contributed by atoms with Crippen LogP contribution in [0.1, 0.15) is 25.7 Å². The molecule has 90 valence electrons. The van der Waals surface area contributed by atoms with Gasteiger partial charge in [0.1, 0.15) is 0 Å². The van der Waals surface area contributed by atoms with E-state index in [0.29, 0.717) is 18.0 Å². The molecule has 3 heterocycles. The third-order valence-corrected chi connectivity index (χ3v) is 4.31. The number of nitrogens with zero attached hydrogens (tertiary/aromatic N) is 2. The fourth-order valence-electron chi connectivity index (χ4n) is 3.37. The summed E-state index contributed by atoms with van der Waals surface area (Å²) in [4.78, 5) is 16.3. The van der Waals surface area contributed by atoms with Crippen molar-refractivity contribution in [3.8, 4) is 0 Å². The van der Waals surface area contributed by atoms with E-state index in [4.69, 9.17) is 0 Å². The molecule has 0 saturated carbocycles. The Bertz CT molecular complexity index is 275. The summed E-state index contributed by atoms with van der Waals surface area (Å²) in [5.74, 6) is 0.381. The average molecular weight is 223 g/mol. The molecule has 1 N–H and O–H groups in total. The van der Waals surface area contributed by atoms with E-state index in [1.165, 1.54) is 19.4 Å². The second kappa shape index (κ2) is 4.34. The molecule has 4 heteroatoms. The molecule has 3 rings (SSSR count). The lowest BCUT2D eigenvalue weighted by molar-refractivity contribution is -0.131. The summed E-state index contributed by atoms with van der Waals surface area (Å²) in [7, 11) is 0. The molecule has 2 unspecified atom stereocenters. The molecule has 0 bridgehead atoms. The number of piperidine rings is 1. The molecule has 3 aliphatic rings. The van der Waals surface area contributed by atoms with E-state index in [2.05, 4.69) is 15.1 Å². The van der Waals surface area contributed by atoms with Crippen LogP contribution in [0.3, 0.4) is 0 Å². The van der Waals surface area contributed by atoms with E-state index in [0.717, 1.165) is 39.0 Å². The molecule has 3 fully saturated rings. The van der Waals surface area contributed by atoms with Crippen LogP contribution >= 0.6 is 0 Å². The number of carbonyl (C=O) groups is 1. The minimum Gasteiger partial charge on any atom is -0.337 e. The largest absolute Gasteiger partial charge is 0.337 e. The van der Waals surface area contributed by atoms with Crippen LogP contribution in [-0.2, 0) is 4.79 Å². The maximum Gasteiger partial charge on any atom is 0.222 e. The Morgan fingerprint density at radius 1 is 1.19 bits per heavy atom. The number of fused-ring (bicyclic) bond motifs is 1. The molecular formula is C12H21N3O. The summed E-state index contributed by atoms with van der Waals surface area (Å²) in [6.07, 6.45) is 4.49. The zero-order chi connectivity index (χ0) is 11.0.